The maximum absolute atomic E-state index is 3.57. The predicted octanol–water partition coefficient (Wildman–Crippen LogP) is 2.64. The molecule has 1 saturated heterocycles. The van der Waals surface area contributed by atoms with Crippen molar-refractivity contribution in [3.63, 3.8) is 0 Å². The molecule has 1 rings (SSSR count). The third kappa shape index (κ3) is 2.19. The van der Waals surface area contributed by atoms with E-state index in [-0.39, 0.29) is 0 Å². The van der Waals surface area contributed by atoms with Gasteiger partial charge in [-0.05, 0) is 40.2 Å². The first-order valence-electron chi connectivity index (χ1n) is 4.38. The van der Waals surface area contributed by atoms with Crippen molar-refractivity contribution in [2.75, 3.05) is 11.9 Å². The van der Waals surface area contributed by atoms with E-state index >= 15 is 0 Å². The molecule has 0 aliphatic carbocycles. The molecule has 1 nitrogen and oxygen atoms in total. The fraction of sp³-hybridized carbons (Fsp3) is 1.00. The Morgan fingerprint density at radius 3 is 2.45 bits per heavy atom. The van der Waals surface area contributed by atoms with Gasteiger partial charge in [-0.25, -0.2) is 0 Å². The fourth-order valence-electron chi connectivity index (χ4n) is 1.88. The third-order valence-electron chi connectivity index (χ3n) is 2.42. The number of alkyl halides is 1. The van der Waals surface area contributed by atoms with Crippen LogP contribution in [0.25, 0.3) is 0 Å². The van der Waals surface area contributed by atoms with Crippen LogP contribution in [0, 0.1) is 0 Å². The van der Waals surface area contributed by atoms with Crippen molar-refractivity contribution in [1.82, 2.24) is 4.90 Å². The summed E-state index contributed by atoms with van der Waals surface area (Å²) in [6.45, 7) is 8.18. The summed E-state index contributed by atoms with van der Waals surface area (Å²) >= 11 is 3.57. The van der Waals surface area contributed by atoms with Crippen molar-refractivity contribution in [2.45, 2.75) is 45.2 Å². The first-order chi connectivity index (χ1) is 5.05. The van der Waals surface area contributed by atoms with Gasteiger partial charge >= 0.3 is 0 Å². The van der Waals surface area contributed by atoms with Crippen LogP contribution in [-0.2, 0) is 0 Å². The van der Waals surface area contributed by atoms with Gasteiger partial charge in [-0.3, -0.25) is 4.90 Å². The van der Waals surface area contributed by atoms with E-state index < -0.39 is 0 Å². The van der Waals surface area contributed by atoms with Gasteiger partial charge in [-0.1, -0.05) is 15.9 Å². The van der Waals surface area contributed by atoms with Crippen LogP contribution in [0.4, 0.5) is 0 Å². The average molecular weight is 220 g/mol. The highest BCUT2D eigenvalue weighted by Crippen LogP contribution is 2.26. The molecule has 0 aromatic rings. The minimum Gasteiger partial charge on any atom is -0.295 e. The van der Waals surface area contributed by atoms with E-state index in [1.54, 1.807) is 0 Å². The molecule has 0 aromatic carbocycles. The van der Waals surface area contributed by atoms with Crippen LogP contribution in [0.2, 0.25) is 0 Å². The number of hydrogen-bond donors (Lipinski definition) is 0. The molecule has 1 aliphatic heterocycles. The molecule has 11 heavy (non-hydrogen) atoms. The van der Waals surface area contributed by atoms with E-state index in [9.17, 15) is 0 Å². The number of rotatable bonds is 1. The molecule has 1 unspecified atom stereocenters. The summed E-state index contributed by atoms with van der Waals surface area (Å²) in [4.78, 5) is 2.60. The molecule has 66 valence electrons. The Morgan fingerprint density at radius 2 is 2.09 bits per heavy atom. The van der Waals surface area contributed by atoms with Crippen molar-refractivity contribution in [3.05, 3.63) is 0 Å². The maximum atomic E-state index is 3.57. The Balaban J connectivity index is 2.57. The molecular weight excluding hydrogens is 202 g/mol. The molecule has 0 spiro atoms. The topological polar surface area (TPSA) is 3.24 Å². The number of hydrogen-bond acceptors (Lipinski definition) is 1. The molecule has 2 heteroatoms. The Morgan fingerprint density at radius 1 is 1.45 bits per heavy atom. The van der Waals surface area contributed by atoms with E-state index in [0.29, 0.717) is 5.54 Å². The summed E-state index contributed by atoms with van der Waals surface area (Å²) in [6.07, 6.45) is 2.73. The van der Waals surface area contributed by atoms with Gasteiger partial charge in [0.1, 0.15) is 0 Å². The zero-order valence-corrected chi connectivity index (χ0v) is 9.32. The summed E-state index contributed by atoms with van der Waals surface area (Å²) in [5.74, 6) is 0. The molecule has 0 N–H and O–H groups in total. The Hall–Kier alpha value is 0.440. The minimum atomic E-state index is 0.356. The van der Waals surface area contributed by atoms with Gasteiger partial charge in [-0.15, -0.1) is 0 Å². The molecule has 1 aliphatic rings. The van der Waals surface area contributed by atoms with Crippen LogP contribution in [0.1, 0.15) is 33.6 Å². The molecule has 0 bridgehead atoms. The molecule has 1 heterocycles. The third-order valence-corrected chi connectivity index (χ3v) is 3.16. The molecule has 0 aromatic heterocycles. The quantitative estimate of drug-likeness (QED) is 0.614. The lowest BCUT2D eigenvalue weighted by molar-refractivity contribution is 0.133. The van der Waals surface area contributed by atoms with Crippen LogP contribution >= 0.6 is 15.9 Å². The Kier molecular flexibility index (Phi) is 2.98. The second-order valence-electron chi connectivity index (χ2n) is 4.31. The monoisotopic (exact) mass is 219 g/mol. The lowest BCUT2D eigenvalue weighted by Crippen LogP contribution is -2.45. The van der Waals surface area contributed by atoms with Gasteiger partial charge in [0.2, 0.25) is 0 Å². The second kappa shape index (κ2) is 3.44. The van der Waals surface area contributed by atoms with Gasteiger partial charge in [0, 0.05) is 16.9 Å². The summed E-state index contributed by atoms with van der Waals surface area (Å²) in [7, 11) is 0. The number of halogens is 1. The van der Waals surface area contributed by atoms with Gasteiger partial charge in [-0.2, -0.15) is 0 Å². The maximum Gasteiger partial charge on any atom is 0.0198 e. The van der Waals surface area contributed by atoms with Crippen molar-refractivity contribution in [2.24, 2.45) is 0 Å². The Labute approximate surface area is 78.3 Å². The number of nitrogens with zero attached hydrogens (tertiary/aromatic N) is 1. The standard InChI is InChI=1S/C9H18BrN/c1-9(2,3)11-6-4-5-8(11)7-10/h8H,4-7H2,1-3H3. The summed E-state index contributed by atoms with van der Waals surface area (Å²) in [5, 5.41) is 1.13. The van der Waals surface area contributed by atoms with Crippen molar-refractivity contribution in [3.8, 4) is 0 Å². The van der Waals surface area contributed by atoms with Crippen molar-refractivity contribution < 1.29 is 0 Å². The molecular formula is C9H18BrN. The van der Waals surface area contributed by atoms with Crippen LogP contribution in [0.15, 0.2) is 0 Å². The van der Waals surface area contributed by atoms with Crippen molar-refractivity contribution >= 4 is 15.9 Å². The zero-order chi connectivity index (χ0) is 8.48. The predicted molar refractivity (Wildman–Crippen MR) is 53.3 cm³/mol. The largest absolute Gasteiger partial charge is 0.295 e. The highest BCUT2D eigenvalue weighted by atomic mass is 79.9. The van der Waals surface area contributed by atoms with Crippen LogP contribution in [0.3, 0.4) is 0 Å². The van der Waals surface area contributed by atoms with Gasteiger partial charge < -0.3 is 0 Å². The fourth-order valence-corrected chi connectivity index (χ4v) is 2.55. The normalized spacial score (nSPS) is 27.8. The molecule has 0 radical (unpaired) electrons. The average Bonchev–Trinajstić information content (AvgIpc) is 2.31. The molecule has 0 saturated carbocycles. The van der Waals surface area contributed by atoms with Gasteiger partial charge in [0.15, 0.2) is 0 Å². The lowest BCUT2D eigenvalue weighted by atomic mass is 10.1. The molecule has 1 atom stereocenters. The summed E-state index contributed by atoms with van der Waals surface area (Å²) < 4.78 is 0. The van der Waals surface area contributed by atoms with Crippen LogP contribution in [-0.4, -0.2) is 28.4 Å². The zero-order valence-electron chi connectivity index (χ0n) is 7.73. The lowest BCUT2D eigenvalue weighted by Gasteiger charge is -2.36. The van der Waals surface area contributed by atoms with E-state index in [0.717, 1.165) is 11.4 Å². The second-order valence-corrected chi connectivity index (χ2v) is 4.96. The van der Waals surface area contributed by atoms with Crippen LogP contribution < -0.4 is 0 Å². The highest BCUT2D eigenvalue weighted by molar-refractivity contribution is 9.09. The van der Waals surface area contributed by atoms with E-state index in [1.165, 1.54) is 19.4 Å². The first kappa shape index (κ1) is 9.53. The minimum absolute atomic E-state index is 0.356. The SMILES string of the molecule is CC(C)(C)N1CCCC1CBr. The molecule has 1 fully saturated rings. The van der Waals surface area contributed by atoms with Gasteiger partial charge in [0.05, 0.1) is 0 Å². The number of likely N-dealkylation sites (tertiary alicyclic amines) is 1. The Bertz CT molecular complexity index is 128. The van der Waals surface area contributed by atoms with E-state index in [1.807, 2.05) is 0 Å². The van der Waals surface area contributed by atoms with E-state index in [2.05, 4.69) is 41.6 Å². The summed E-state index contributed by atoms with van der Waals surface area (Å²) in [5.41, 5.74) is 0.356. The summed E-state index contributed by atoms with van der Waals surface area (Å²) in [6, 6.07) is 0.773. The highest BCUT2D eigenvalue weighted by Gasteiger charge is 2.31. The first-order valence-corrected chi connectivity index (χ1v) is 5.50. The molecule has 0 amide bonds. The van der Waals surface area contributed by atoms with Crippen LogP contribution in [0.5, 0.6) is 0 Å². The van der Waals surface area contributed by atoms with Crippen molar-refractivity contribution in [1.29, 1.82) is 0 Å². The smallest absolute Gasteiger partial charge is 0.0198 e. The van der Waals surface area contributed by atoms with Gasteiger partial charge in [0.25, 0.3) is 0 Å². The van der Waals surface area contributed by atoms with E-state index in [4.69, 9.17) is 0 Å².